The standard InChI is InChI=1S/C22H18ClFN6O3/c1-32-14-5-3-13(4-6-14)27-22(31)30-10-18-17(25-11-26-18)9-19(30)21-28-20(29-33-21)12-2-7-16(24)15(23)8-12/h2-8,11,19H,9-10H2,1H3,(H,25,26)(H,27,31). The first kappa shape index (κ1) is 21.0. The number of anilines is 1. The highest BCUT2D eigenvalue weighted by atomic mass is 35.5. The molecule has 0 radical (unpaired) electrons. The summed E-state index contributed by atoms with van der Waals surface area (Å²) in [7, 11) is 1.58. The molecule has 0 bridgehead atoms. The molecule has 168 valence electrons. The summed E-state index contributed by atoms with van der Waals surface area (Å²) in [6.45, 7) is 0.280. The van der Waals surface area contributed by atoms with Gasteiger partial charge in [-0.1, -0.05) is 16.8 Å². The van der Waals surface area contributed by atoms with Crippen LogP contribution in [0.5, 0.6) is 5.75 Å². The van der Waals surface area contributed by atoms with Crippen LogP contribution >= 0.6 is 11.6 Å². The summed E-state index contributed by atoms with van der Waals surface area (Å²) in [6.07, 6.45) is 1.98. The molecule has 0 aliphatic carbocycles. The summed E-state index contributed by atoms with van der Waals surface area (Å²) < 4.78 is 24.2. The van der Waals surface area contributed by atoms with E-state index in [1.54, 1.807) is 42.6 Å². The Balaban J connectivity index is 1.43. The average molecular weight is 469 g/mol. The van der Waals surface area contributed by atoms with Crippen LogP contribution in [0.25, 0.3) is 11.4 Å². The maximum atomic E-state index is 13.5. The first-order valence-corrected chi connectivity index (χ1v) is 10.4. The number of amides is 2. The minimum atomic E-state index is -0.545. The zero-order chi connectivity index (χ0) is 22.9. The summed E-state index contributed by atoms with van der Waals surface area (Å²) >= 11 is 5.88. The van der Waals surface area contributed by atoms with Gasteiger partial charge in [-0.05, 0) is 42.5 Å². The maximum absolute atomic E-state index is 13.5. The lowest BCUT2D eigenvalue weighted by Crippen LogP contribution is -2.41. The highest BCUT2D eigenvalue weighted by molar-refractivity contribution is 6.31. The number of aromatic amines is 1. The lowest BCUT2D eigenvalue weighted by Gasteiger charge is -2.32. The van der Waals surface area contributed by atoms with E-state index < -0.39 is 11.9 Å². The fourth-order valence-electron chi connectivity index (χ4n) is 3.66. The molecule has 9 nitrogen and oxygen atoms in total. The zero-order valence-corrected chi connectivity index (χ0v) is 18.1. The minimum Gasteiger partial charge on any atom is -0.497 e. The number of ether oxygens (including phenoxy) is 1. The molecular weight excluding hydrogens is 451 g/mol. The third-order valence-electron chi connectivity index (χ3n) is 5.41. The molecule has 4 aromatic rings. The predicted octanol–water partition coefficient (Wildman–Crippen LogP) is 4.59. The topological polar surface area (TPSA) is 109 Å². The van der Waals surface area contributed by atoms with E-state index in [2.05, 4.69) is 25.4 Å². The Morgan fingerprint density at radius 3 is 2.88 bits per heavy atom. The number of benzene rings is 2. The number of aromatic nitrogens is 4. The Labute approximate surface area is 192 Å². The first-order valence-electron chi connectivity index (χ1n) is 10.0. The van der Waals surface area contributed by atoms with Crippen LogP contribution in [0.1, 0.15) is 23.3 Å². The van der Waals surface area contributed by atoms with Crippen molar-refractivity contribution in [3.05, 3.63) is 76.9 Å². The summed E-state index contributed by atoms with van der Waals surface area (Å²) in [5.41, 5.74) is 2.77. The lowest BCUT2D eigenvalue weighted by molar-refractivity contribution is 0.155. The van der Waals surface area contributed by atoms with E-state index in [4.69, 9.17) is 20.9 Å². The highest BCUT2D eigenvalue weighted by Crippen LogP contribution is 2.33. The summed E-state index contributed by atoms with van der Waals surface area (Å²) in [5.74, 6) is 0.633. The van der Waals surface area contributed by atoms with E-state index in [1.807, 2.05) is 0 Å². The van der Waals surface area contributed by atoms with Crippen molar-refractivity contribution in [1.82, 2.24) is 25.0 Å². The fraction of sp³-hybridized carbons (Fsp3) is 0.182. The number of fused-ring (bicyclic) bond motifs is 1. The SMILES string of the molecule is COc1ccc(NC(=O)N2Cc3[nH]cnc3CC2c2nc(-c3ccc(F)c(Cl)c3)no2)cc1. The van der Waals surface area contributed by atoms with Gasteiger partial charge in [-0.15, -0.1) is 0 Å². The van der Waals surface area contributed by atoms with Crippen molar-refractivity contribution in [3.63, 3.8) is 0 Å². The van der Waals surface area contributed by atoms with Crippen molar-refractivity contribution < 1.29 is 18.4 Å². The van der Waals surface area contributed by atoms with E-state index in [-0.39, 0.29) is 29.3 Å². The number of halogens is 2. The van der Waals surface area contributed by atoms with Gasteiger partial charge in [0.1, 0.15) is 17.6 Å². The number of nitrogens with zero attached hydrogens (tertiary/aromatic N) is 4. The Morgan fingerprint density at radius 2 is 2.12 bits per heavy atom. The molecule has 0 saturated heterocycles. The molecule has 1 aliphatic rings. The number of imidazole rings is 1. The number of H-pyrrole nitrogens is 1. The number of hydrogen-bond acceptors (Lipinski definition) is 6. The van der Waals surface area contributed by atoms with Crippen molar-refractivity contribution in [2.45, 2.75) is 19.0 Å². The number of methoxy groups -OCH3 is 1. The largest absolute Gasteiger partial charge is 0.497 e. The Bertz CT molecular complexity index is 1310. The average Bonchev–Trinajstić information content (AvgIpc) is 3.50. The van der Waals surface area contributed by atoms with E-state index in [9.17, 15) is 9.18 Å². The van der Waals surface area contributed by atoms with Crippen LogP contribution < -0.4 is 10.1 Å². The van der Waals surface area contributed by atoms with Gasteiger partial charge in [0.2, 0.25) is 11.7 Å². The molecule has 0 spiro atoms. The van der Waals surface area contributed by atoms with Crippen LogP contribution in [0.2, 0.25) is 5.02 Å². The molecule has 1 atom stereocenters. The lowest BCUT2D eigenvalue weighted by atomic mass is 10.0. The van der Waals surface area contributed by atoms with Crippen LogP contribution in [0.15, 0.2) is 53.3 Å². The van der Waals surface area contributed by atoms with Gasteiger partial charge in [0.25, 0.3) is 0 Å². The van der Waals surface area contributed by atoms with E-state index in [0.717, 1.165) is 11.4 Å². The molecule has 3 heterocycles. The molecule has 2 aromatic carbocycles. The van der Waals surface area contributed by atoms with E-state index in [1.165, 1.54) is 18.2 Å². The van der Waals surface area contributed by atoms with Crippen LogP contribution in [-0.2, 0) is 13.0 Å². The molecule has 11 heteroatoms. The normalized spacial score (nSPS) is 15.2. The van der Waals surface area contributed by atoms with Crippen molar-refractivity contribution in [2.24, 2.45) is 0 Å². The Hall–Kier alpha value is -3.92. The first-order chi connectivity index (χ1) is 16.0. The van der Waals surface area contributed by atoms with Crippen molar-refractivity contribution in [1.29, 1.82) is 0 Å². The van der Waals surface area contributed by atoms with E-state index in [0.29, 0.717) is 23.4 Å². The van der Waals surface area contributed by atoms with Crippen LogP contribution in [0.4, 0.5) is 14.9 Å². The fourth-order valence-corrected chi connectivity index (χ4v) is 3.84. The monoisotopic (exact) mass is 468 g/mol. The molecule has 2 aromatic heterocycles. The van der Waals surface area contributed by atoms with Crippen LogP contribution in [-0.4, -0.2) is 38.1 Å². The molecule has 1 aliphatic heterocycles. The molecule has 0 fully saturated rings. The second kappa shape index (κ2) is 8.55. The van der Waals surface area contributed by atoms with Crippen LogP contribution in [0.3, 0.4) is 0 Å². The smallest absolute Gasteiger partial charge is 0.322 e. The van der Waals surface area contributed by atoms with Gasteiger partial charge in [-0.2, -0.15) is 4.98 Å². The summed E-state index contributed by atoms with van der Waals surface area (Å²) in [5, 5.41) is 6.85. The summed E-state index contributed by atoms with van der Waals surface area (Å²) in [4.78, 5) is 26.7. The highest BCUT2D eigenvalue weighted by Gasteiger charge is 2.36. The number of carbonyl (C=O) groups excluding carboxylic acids is 1. The third kappa shape index (κ3) is 4.12. The van der Waals surface area contributed by atoms with Gasteiger partial charge < -0.3 is 24.5 Å². The van der Waals surface area contributed by atoms with Gasteiger partial charge in [-0.3, -0.25) is 0 Å². The van der Waals surface area contributed by atoms with Crippen molar-refractivity contribution >= 4 is 23.3 Å². The van der Waals surface area contributed by atoms with Gasteiger partial charge in [0.15, 0.2) is 0 Å². The Kier molecular flexibility index (Phi) is 5.43. The molecule has 33 heavy (non-hydrogen) atoms. The Morgan fingerprint density at radius 1 is 1.30 bits per heavy atom. The number of rotatable bonds is 4. The molecular formula is C22H18ClFN6O3. The second-order valence-corrected chi connectivity index (χ2v) is 7.83. The van der Waals surface area contributed by atoms with Gasteiger partial charge in [0.05, 0.1) is 36.4 Å². The van der Waals surface area contributed by atoms with Gasteiger partial charge in [0, 0.05) is 17.7 Å². The molecule has 0 saturated carbocycles. The van der Waals surface area contributed by atoms with Crippen molar-refractivity contribution in [2.75, 3.05) is 12.4 Å². The quantitative estimate of drug-likeness (QED) is 0.453. The number of urea groups is 1. The van der Waals surface area contributed by atoms with Gasteiger partial charge in [-0.25, -0.2) is 14.2 Å². The second-order valence-electron chi connectivity index (χ2n) is 7.42. The molecule has 2 amide bonds. The molecule has 5 rings (SSSR count). The molecule has 2 N–H and O–H groups in total. The number of nitrogens with one attached hydrogen (secondary N) is 2. The molecule has 1 unspecified atom stereocenters. The maximum Gasteiger partial charge on any atom is 0.322 e. The van der Waals surface area contributed by atoms with E-state index >= 15 is 0 Å². The van der Waals surface area contributed by atoms with Crippen LogP contribution in [0, 0.1) is 5.82 Å². The zero-order valence-electron chi connectivity index (χ0n) is 17.4. The third-order valence-corrected chi connectivity index (χ3v) is 5.70. The number of carbonyl (C=O) groups is 1. The van der Waals surface area contributed by atoms with Gasteiger partial charge >= 0.3 is 6.03 Å². The minimum absolute atomic E-state index is 0.0434. The number of hydrogen-bond donors (Lipinski definition) is 2. The summed E-state index contributed by atoms with van der Waals surface area (Å²) in [6, 6.07) is 10.3. The van der Waals surface area contributed by atoms with Crippen molar-refractivity contribution in [3.8, 4) is 17.1 Å². The predicted molar refractivity (Wildman–Crippen MR) is 117 cm³/mol.